The first kappa shape index (κ1) is 63.6. The zero-order valence-corrected chi connectivity index (χ0v) is 43.8. The van der Waals surface area contributed by atoms with Gasteiger partial charge in [-0.15, -0.1) is 0 Å². The third kappa shape index (κ3) is 48.0. The van der Waals surface area contributed by atoms with Crippen molar-refractivity contribution >= 4 is 11.9 Å². The molecule has 6 nitrogen and oxygen atoms in total. The van der Waals surface area contributed by atoms with Gasteiger partial charge in [0.05, 0.1) is 25.2 Å². The largest absolute Gasteiger partial charge is 0.462 e. The van der Waals surface area contributed by atoms with Crippen LogP contribution in [-0.4, -0.2) is 46.9 Å². The highest BCUT2D eigenvalue weighted by Crippen LogP contribution is 2.18. The zero-order valence-electron chi connectivity index (χ0n) is 43.8. The van der Waals surface area contributed by atoms with Gasteiger partial charge in [-0.25, -0.2) is 0 Å². The molecule has 0 aliphatic carbocycles. The lowest BCUT2D eigenvalue weighted by Crippen LogP contribution is -2.46. The van der Waals surface area contributed by atoms with E-state index in [9.17, 15) is 19.8 Å². The average molecular weight is 925 g/mol. The molecule has 3 atom stereocenters. The maximum atomic E-state index is 13.3. The minimum Gasteiger partial charge on any atom is -0.462 e. The van der Waals surface area contributed by atoms with Gasteiger partial charge >= 0.3 is 5.97 Å². The third-order valence-corrected chi connectivity index (χ3v) is 12.9. The number of allylic oxidation sites excluding steroid dienone is 10. The fraction of sp³-hybridized carbons (Fsp3) is 0.800. The fourth-order valence-electron chi connectivity index (χ4n) is 8.52. The number of carbonyl (C=O) groups is 2. The molecule has 6 heteroatoms. The summed E-state index contributed by atoms with van der Waals surface area (Å²) >= 11 is 0. The second-order valence-electron chi connectivity index (χ2n) is 19.4. The van der Waals surface area contributed by atoms with Crippen molar-refractivity contribution in [2.24, 2.45) is 0 Å². The summed E-state index contributed by atoms with van der Waals surface area (Å²) in [6, 6.07) is -0.712. The van der Waals surface area contributed by atoms with Gasteiger partial charge in [0.1, 0.15) is 6.10 Å². The van der Waals surface area contributed by atoms with E-state index in [-0.39, 0.29) is 24.9 Å². The van der Waals surface area contributed by atoms with Crippen molar-refractivity contribution in [3.05, 3.63) is 60.8 Å². The van der Waals surface area contributed by atoms with Crippen molar-refractivity contribution < 1.29 is 24.5 Å². The number of amides is 1. The molecule has 3 N–H and O–H groups in total. The lowest BCUT2D eigenvalue weighted by molar-refractivity contribution is -0.151. The van der Waals surface area contributed by atoms with Gasteiger partial charge < -0.3 is 20.3 Å². The van der Waals surface area contributed by atoms with E-state index in [1.165, 1.54) is 148 Å². The predicted molar refractivity (Wildman–Crippen MR) is 287 cm³/mol. The number of hydrogen-bond acceptors (Lipinski definition) is 5. The standard InChI is InChI=1S/C60H109NO5/c1-4-7-10-13-16-19-22-25-28-29-30-32-35-38-41-44-47-50-53-60(65)66-56(51-48-45-42-39-36-33-31-26-23-20-17-14-11-8-5-2)54-59(64)61-57(55-62)58(63)52-49-46-43-40-37-34-27-24-21-18-15-12-9-6-3/h17,20,22,25-26,28-32,56-58,62-63H,4-16,18-19,21,23-24,27,33-55H2,1-3H3,(H,61,64)/b20-17-,25-22+,29-28+,31-26-,32-30+. The third-order valence-electron chi connectivity index (χ3n) is 12.9. The number of aliphatic hydroxyl groups is 2. The molecule has 1 amide bonds. The first-order valence-corrected chi connectivity index (χ1v) is 28.5. The Hall–Kier alpha value is -2.44. The Morgan fingerprint density at radius 2 is 0.833 bits per heavy atom. The molecular formula is C60H109NO5. The van der Waals surface area contributed by atoms with Gasteiger partial charge in [0.2, 0.25) is 5.91 Å². The Morgan fingerprint density at radius 3 is 1.30 bits per heavy atom. The SMILES string of the molecule is CCCCC/C=C\C/C=C\CCCCCCCC(CC(=O)NC(CO)C(O)CCCCCCCCCCCCCCCC)OC(=O)CCCCCCC/C=C/C=C/C=C/CCCCCCC. The zero-order chi connectivity index (χ0) is 48.1. The quantitative estimate of drug-likeness (QED) is 0.0244. The molecule has 0 saturated heterocycles. The van der Waals surface area contributed by atoms with Crippen LogP contribution in [0.15, 0.2) is 60.8 Å². The molecule has 0 radical (unpaired) electrons. The minimum atomic E-state index is -0.797. The molecule has 0 fully saturated rings. The van der Waals surface area contributed by atoms with Crippen LogP contribution >= 0.6 is 0 Å². The molecule has 0 heterocycles. The highest BCUT2D eigenvalue weighted by atomic mass is 16.5. The highest BCUT2D eigenvalue weighted by molar-refractivity contribution is 5.77. The average Bonchev–Trinajstić information content (AvgIpc) is 3.31. The molecule has 66 heavy (non-hydrogen) atoms. The van der Waals surface area contributed by atoms with Crippen LogP contribution in [0.3, 0.4) is 0 Å². The van der Waals surface area contributed by atoms with Gasteiger partial charge in [0.15, 0.2) is 0 Å². The Morgan fingerprint density at radius 1 is 0.455 bits per heavy atom. The van der Waals surface area contributed by atoms with Crippen LogP contribution in [0.5, 0.6) is 0 Å². The molecule has 0 saturated carbocycles. The van der Waals surface area contributed by atoms with Gasteiger partial charge in [0, 0.05) is 6.42 Å². The Bertz CT molecular complexity index is 1170. The van der Waals surface area contributed by atoms with E-state index in [4.69, 9.17) is 4.74 Å². The van der Waals surface area contributed by atoms with Crippen molar-refractivity contribution in [1.82, 2.24) is 5.32 Å². The van der Waals surface area contributed by atoms with Crippen molar-refractivity contribution in [3.8, 4) is 0 Å². The van der Waals surface area contributed by atoms with Gasteiger partial charge in [-0.2, -0.15) is 0 Å². The van der Waals surface area contributed by atoms with Crippen LogP contribution in [0.2, 0.25) is 0 Å². The number of nitrogens with one attached hydrogen (secondary N) is 1. The van der Waals surface area contributed by atoms with Crippen LogP contribution in [0.25, 0.3) is 0 Å². The molecule has 384 valence electrons. The monoisotopic (exact) mass is 924 g/mol. The molecule has 0 spiro atoms. The molecule has 0 aromatic rings. The second-order valence-corrected chi connectivity index (χ2v) is 19.4. The van der Waals surface area contributed by atoms with Crippen molar-refractivity contribution in [3.63, 3.8) is 0 Å². The fourth-order valence-corrected chi connectivity index (χ4v) is 8.52. The summed E-state index contributed by atoms with van der Waals surface area (Å²) in [7, 11) is 0. The predicted octanol–water partition coefficient (Wildman–Crippen LogP) is 17.6. The van der Waals surface area contributed by atoms with E-state index >= 15 is 0 Å². The van der Waals surface area contributed by atoms with E-state index in [0.717, 1.165) is 89.9 Å². The molecule has 0 aliphatic rings. The molecular weight excluding hydrogens is 815 g/mol. The summed E-state index contributed by atoms with van der Waals surface area (Å²) < 4.78 is 5.95. The maximum absolute atomic E-state index is 13.3. The molecule has 0 rings (SSSR count). The van der Waals surface area contributed by atoms with Crippen molar-refractivity contribution in [2.45, 2.75) is 302 Å². The smallest absolute Gasteiger partial charge is 0.306 e. The van der Waals surface area contributed by atoms with Crippen LogP contribution in [0.1, 0.15) is 284 Å². The first-order chi connectivity index (χ1) is 32.5. The Labute approximate surface area is 409 Å². The number of carbonyl (C=O) groups excluding carboxylic acids is 2. The summed E-state index contributed by atoms with van der Waals surface area (Å²) in [5.41, 5.74) is 0. The number of aliphatic hydroxyl groups excluding tert-OH is 2. The van der Waals surface area contributed by atoms with Gasteiger partial charge in [-0.1, -0.05) is 248 Å². The van der Waals surface area contributed by atoms with E-state index in [2.05, 4.69) is 86.8 Å². The Kier molecular flexibility index (Phi) is 51.5. The van der Waals surface area contributed by atoms with Crippen LogP contribution in [-0.2, 0) is 14.3 Å². The molecule has 0 aromatic carbocycles. The number of ether oxygens (including phenoxy) is 1. The summed E-state index contributed by atoms with van der Waals surface area (Å²) in [6.07, 6.45) is 67.0. The Balaban J connectivity index is 4.62. The lowest BCUT2D eigenvalue weighted by Gasteiger charge is -2.24. The van der Waals surface area contributed by atoms with Gasteiger partial charge in [-0.05, 0) is 83.5 Å². The normalized spacial score (nSPS) is 13.6. The van der Waals surface area contributed by atoms with Crippen molar-refractivity contribution in [1.29, 1.82) is 0 Å². The van der Waals surface area contributed by atoms with E-state index in [1.54, 1.807) is 0 Å². The van der Waals surface area contributed by atoms with Crippen molar-refractivity contribution in [2.75, 3.05) is 6.61 Å². The number of hydrogen-bond donors (Lipinski definition) is 3. The van der Waals surface area contributed by atoms with Crippen LogP contribution in [0, 0.1) is 0 Å². The summed E-state index contributed by atoms with van der Waals surface area (Å²) in [5.74, 6) is -0.504. The topological polar surface area (TPSA) is 95.9 Å². The van der Waals surface area contributed by atoms with Gasteiger partial charge in [-0.3, -0.25) is 9.59 Å². The van der Waals surface area contributed by atoms with Gasteiger partial charge in [0.25, 0.3) is 0 Å². The molecule has 0 aliphatic heterocycles. The second kappa shape index (κ2) is 53.5. The van der Waals surface area contributed by atoms with Crippen LogP contribution in [0.4, 0.5) is 0 Å². The molecule has 3 unspecified atom stereocenters. The molecule has 0 aromatic heterocycles. The van der Waals surface area contributed by atoms with E-state index in [1.807, 2.05) is 0 Å². The summed E-state index contributed by atoms with van der Waals surface area (Å²) in [5, 5.41) is 23.9. The number of rotatable bonds is 51. The minimum absolute atomic E-state index is 0.0593. The number of unbranched alkanes of at least 4 members (excludes halogenated alkanes) is 31. The number of esters is 1. The maximum Gasteiger partial charge on any atom is 0.306 e. The first-order valence-electron chi connectivity index (χ1n) is 28.5. The lowest BCUT2D eigenvalue weighted by atomic mass is 10.0. The highest BCUT2D eigenvalue weighted by Gasteiger charge is 2.24. The van der Waals surface area contributed by atoms with E-state index < -0.39 is 18.2 Å². The summed E-state index contributed by atoms with van der Waals surface area (Å²) in [4.78, 5) is 26.3. The van der Waals surface area contributed by atoms with Crippen LogP contribution < -0.4 is 5.32 Å². The van der Waals surface area contributed by atoms with E-state index in [0.29, 0.717) is 19.3 Å². The molecule has 0 bridgehead atoms. The summed E-state index contributed by atoms with van der Waals surface area (Å²) in [6.45, 7) is 6.45.